The third kappa shape index (κ3) is 2.83. The van der Waals surface area contributed by atoms with Crippen molar-refractivity contribution in [2.45, 2.75) is 25.8 Å². The van der Waals surface area contributed by atoms with Crippen LogP contribution in [-0.4, -0.2) is 37.8 Å². The van der Waals surface area contributed by atoms with Crippen LogP contribution in [0.1, 0.15) is 28.8 Å². The number of nitrogens with one attached hydrogen (secondary N) is 1. The van der Waals surface area contributed by atoms with Gasteiger partial charge in [0.25, 0.3) is 5.91 Å². The largest absolute Gasteiger partial charge is 0.480 e. The first-order valence-electron chi connectivity index (χ1n) is 7.05. The van der Waals surface area contributed by atoms with Crippen molar-refractivity contribution in [1.29, 1.82) is 0 Å². The molecule has 114 valence electrons. The van der Waals surface area contributed by atoms with Crippen LogP contribution in [0.25, 0.3) is 5.69 Å². The molecule has 0 spiro atoms. The Bertz CT molecular complexity index is 708. The van der Waals surface area contributed by atoms with Crippen LogP contribution in [0.3, 0.4) is 0 Å². The maximum atomic E-state index is 12.2. The lowest BCUT2D eigenvalue weighted by Crippen LogP contribution is -2.42. The average Bonchev–Trinajstić information content (AvgIpc) is 3.18. The van der Waals surface area contributed by atoms with Crippen LogP contribution in [0, 0.1) is 12.8 Å². The minimum absolute atomic E-state index is 0.0527. The number of carbonyl (C=O) groups excluding carboxylic acids is 1. The van der Waals surface area contributed by atoms with E-state index in [4.69, 9.17) is 5.11 Å². The molecule has 0 saturated heterocycles. The zero-order chi connectivity index (χ0) is 15.7. The molecule has 7 heteroatoms. The molecule has 1 aliphatic carbocycles. The average molecular weight is 300 g/mol. The minimum atomic E-state index is -0.980. The van der Waals surface area contributed by atoms with Crippen LogP contribution in [0.2, 0.25) is 0 Å². The Morgan fingerprint density at radius 2 is 2.18 bits per heavy atom. The van der Waals surface area contributed by atoms with Gasteiger partial charge < -0.3 is 10.4 Å². The number of benzene rings is 1. The Balaban J connectivity index is 1.78. The van der Waals surface area contributed by atoms with Crippen molar-refractivity contribution in [2.75, 3.05) is 0 Å². The van der Waals surface area contributed by atoms with E-state index in [9.17, 15) is 9.59 Å². The number of amides is 1. The second kappa shape index (κ2) is 5.59. The second-order valence-electron chi connectivity index (χ2n) is 5.47. The van der Waals surface area contributed by atoms with E-state index in [2.05, 4.69) is 15.4 Å². The van der Waals surface area contributed by atoms with Gasteiger partial charge in [-0.05, 0) is 49.4 Å². The molecule has 1 fully saturated rings. The first-order valence-corrected chi connectivity index (χ1v) is 7.05. The molecule has 1 aromatic carbocycles. The van der Waals surface area contributed by atoms with Gasteiger partial charge in [0.15, 0.2) is 0 Å². The molecule has 0 radical (unpaired) electrons. The molecule has 1 atom stereocenters. The summed E-state index contributed by atoms with van der Waals surface area (Å²) < 4.78 is 1.61. The summed E-state index contributed by atoms with van der Waals surface area (Å²) in [6.07, 6.45) is 4.71. The predicted octanol–water partition coefficient (Wildman–Crippen LogP) is 1.17. The van der Waals surface area contributed by atoms with E-state index in [-0.39, 0.29) is 11.8 Å². The quantitative estimate of drug-likeness (QED) is 0.864. The number of aryl methyl sites for hydroxylation is 1. The summed E-state index contributed by atoms with van der Waals surface area (Å²) >= 11 is 0. The fourth-order valence-electron chi connectivity index (χ4n) is 2.42. The molecule has 1 aromatic heterocycles. The Morgan fingerprint density at radius 1 is 1.41 bits per heavy atom. The summed E-state index contributed by atoms with van der Waals surface area (Å²) in [5, 5.41) is 15.8. The van der Waals surface area contributed by atoms with Gasteiger partial charge >= 0.3 is 5.97 Å². The van der Waals surface area contributed by atoms with Gasteiger partial charge in [-0.2, -0.15) is 5.10 Å². The number of hydrogen-bond acceptors (Lipinski definition) is 4. The zero-order valence-corrected chi connectivity index (χ0v) is 12.1. The first kappa shape index (κ1) is 14.2. The smallest absolute Gasteiger partial charge is 0.326 e. The normalized spacial score (nSPS) is 15.3. The highest BCUT2D eigenvalue weighted by Crippen LogP contribution is 2.32. The van der Waals surface area contributed by atoms with Crippen molar-refractivity contribution < 1.29 is 14.7 Å². The standard InChI is InChI=1S/C15H16N4O3/c1-9-6-11(4-5-12(9)19-8-16-7-17-19)14(20)18-13(15(21)22)10-2-3-10/h4-8,10,13H,2-3H2,1H3,(H,18,20)(H,21,22). The fraction of sp³-hybridized carbons (Fsp3) is 0.333. The second-order valence-corrected chi connectivity index (χ2v) is 5.47. The molecule has 1 saturated carbocycles. The summed E-state index contributed by atoms with van der Waals surface area (Å²) in [7, 11) is 0. The van der Waals surface area contributed by atoms with E-state index >= 15 is 0 Å². The number of carboxylic acid groups (broad SMARTS) is 1. The number of nitrogens with zero attached hydrogens (tertiary/aromatic N) is 3. The Kier molecular flexibility index (Phi) is 3.62. The van der Waals surface area contributed by atoms with Crippen LogP contribution in [-0.2, 0) is 4.79 Å². The minimum Gasteiger partial charge on any atom is -0.480 e. The number of carboxylic acids is 1. The van der Waals surface area contributed by atoms with Crippen molar-refractivity contribution >= 4 is 11.9 Å². The lowest BCUT2D eigenvalue weighted by atomic mass is 10.1. The summed E-state index contributed by atoms with van der Waals surface area (Å²) in [4.78, 5) is 27.3. The first-order chi connectivity index (χ1) is 10.6. The number of aliphatic carboxylic acids is 1. The van der Waals surface area contributed by atoms with Crippen molar-refractivity contribution in [3.8, 4) is 5.69 Å². The van der Waals surface area contributed by atoms with Crippen LogP contribution >= 0.6 is 0 Å². The molecular formula is C15H16N4O3. The van der Waals surface area contributed by atoms with Gasteiger partial charge in [-0.25, -0.2) is 14.5 Å². The molecule has 1 aliphatic rings. The summed E-state index contributed by atoms with van der Waals surface area (Å²) in [5.41, 5.74) is 2.12. The van der Waals surface area contributed by atoms with Crippen LogP contribution < -0.4 is 5.32 Å². The van der Waals surface area contributed by atoms with E-state index in [1.807, 2.05) is 6.92 Å². The van der Waals surface area contributed by atoms with Gasteiger partial charge in [-0.3, -0.25) is 4.79 Å². The Morgan fingerprint density at radius 3 is 2.73 bits per heavy atom. The number of rotatable bonds is 5. The summed E-state index contributed by atoms with van der Waals surface area (Å²) in [6.45, 7) is 1.86. The van der Waals surface area contributed by atoms with Crippen molar-refractivity contribution in [3.63, 3.8) is 0 Å². The van der Waals surface area contributed by atoms with E-state index in [0.29, 0.717) is 5.56 Å². The zero-order valence-electron chi connectivity index (χ0n) is 12.1. The molecule has 1 unspecified atom stereocenters. The molecule has 1 heterocycles. The van der Waals surface area contributed by atoms with Gasteiger partial charge in [0.1, 0.15) is 18.7 Å². The maximum absolute atomic E-state index is 12.2. The highest BCUT2D eigenvalue weighted by Gasteiger charge is 2.37. The summed E-state index contributed by atoms with van der Waals surface area (Å²) in [5.74, 6) is -1.30. The van der Waals surface area contributed by atoms with Crippen LogP contribution in [0.5, 0.6) is 0 Å². The molecule has 2 aromatic rings. The Hall–Kier alpha value is -2.70. The highest BCUT2D eigenvalue weighted by molar-refractivity contribution is 5.97. The van der Waals surface area contributed by atoms with E-state index < -0.39 is 12.0 Å². The van der Waals surface area contributed by atoms with Gasteiger partial charge in [-0.15, -0.1) is 0 Å². The SMILES string of the molecule is Cc1cc(C(=O)NC(C(=O)O)C2CC2)ccc1-n1cncn1. The molecule has 22 heavy (non-hydrogen) atoms. The van der Waals surface area contributed by atoms with Crippen molar-refractivity contribution in [1.82, 2.24) is 20.1 Å². The van der Waals surface area contributed by atoms with E-state index in [1.54, 1.807) is 29.2 Å². The lowest BCUT2D eigenvalue weighted by molar-refractivity contribution is -0.139. The van der Waals surface area contributed by atoms with Gasteiger partial charge in [0, 0.05) is 5.56 Å². The molecule has 1 amide bonds. The van der Waals surface area contributed by atoms with Crippen LogP contribution in [0.4, 0.5) is 0 Å². The highest BCUT2D eigenvalue weighted by atomic mass is 16.4. The Labute approximate surface area is 127 Å². The molecule has 0 bridgehead atoms. The van der Waals surface area contributed by atoms with E-state index in [1.165, 1.54) is 6.33 Å². The van der Waals surface area contributed by atoms with Crippen molar-refractivity contribution in [2.24, 2.45) is 5.92 Å². The maximum Gasteiger partial charge on any atom is 0.326 e. The predicted molar refractivity (Wildman–Crippen MR) is 77.7 cm³/mol. The summed E-state index contributed by atoms with van der Waals surface area (Å²) in [6, 6.07) is 4.34. The molecule has 2 N–H and O–H groups in total. The molecular weight excluding hydrogens is 284 g/mol. The number of carbonyl (C=O) groups is 2. The molecule has 0 aliphatic heterocycles. The van der Waals surface area contributed by atoms with E-state index in [0.717, 1.165) is 24.1 Å². The third-order valence-corrected chi connectivity index (χ3v) is 3.77. The number of aromatic nitrogens is 3. The third-order valence-electron chi connectivity index (χ3n) is 3.77. The lowest BCUT2D eigenvalue weighted by Gasteiger charge is -2.14. The fourth-order valence-corrected chi connectivity index (χ4v) is 2.42. The van der Waals surface area contributed by atoms with Gasteiger partial charge in [0.2, 0.25) is 0 Å². The monoisotopic (exact) mass is 300 g/mol. The van der Waals surface area contributed by atoms with Crippen LogP contribution in [0.15, 0.2) is 30.9 Å². The molecule has 7 nitrogen and oxygen atoms in total. The topological polar surface area (TPSA) is 97.1 Å². The van der Waals surface area contributed by atoms with Crippen molar-refractivity contribution in [3.05, 3.63) is 42.0 Å². The van der Waals surface area contributed by atoms with Gasteiger partial charge in [0.05, 0.1) is 5.69 Å². The number of hydrogen-bond donors (Lipinski definition) is 2. The van der Waals surface area contributed by atoms with Gasteiger partial charge in [-0.1, -0.05) is 0 Å². The molecule has 3 rings (SSSR count).